The molecular weight excluding hydrogens is 236 g/mol. The largest absolute Gasteiger partial charge is 0.488 e. The number of para-hydroxylation sites is 1. The van der Waals surface area contributed by atoms with Crippen LogP contribution in [-0.4, -0.2) is 6.54 Å². The van der Waals surface area contributed by atoms with E-state index in [4.69, 9.17) is 16.2 Å². The van der Waals surface area contributed by atoms with E-state index in [0.717, 1.165) is 22.4 Å². The van der Waals surface area contributed by atoms with E-state index in [2.05, 4.69) is 0 Å². The van der Waals surface area contributed by atoms with E-state index in [1.807, 2.05) is 55.5 Å². The van der Waals surface area contributed by atoms with E-state index < -0.39 is 0 Å². The topological polar surface area (TPSA) is 61.3 Å². The second kappa shape index (κ2) is 6.36. The minimum Gasteiger partial charge on any atom is -0.488 e. The molecule has 0 fully saturated rings. The van der Waals surface area contributed by atoms with Crippen LogP contribution in [0, 0.1) is 6.92 Å². The molecule has 0 heterocycles. The second-order valence-corrected chi connectivity index (χ2v) is 4.61. The second-order valence-electron chi connectivity index (χ2n) is 4.61. The van der Waals surface area contributed by atoms with E-state index in [-0.39, 0.29) is 6.04 Å². The van der Waals surface area contributed by atoms with Gasteiger partial charge in [-0.05, 0) is 18.1 Å². The lowest BCUT2D eigenvalue weighted by atomic mass is 10.0. The molecule has 0 saturated carbocycles. The van der Waals surface area contributed by atoms with Gasteiger partial charge < -0.3 is 16.2 Å². The molecule has 4 N–H and O–H groups in total. The molecule has 3 heteroatoms. The number of hydrogen-bond donors (Lipinski definition) is 2. The van der Waals surface area contributed by atoms with Gasteiger partial charge in [0.05, 0.1) is 0 Å². The van der Waals surface area contributed by atoms with Crippen molar-refractivity contribution in [3.63, 3.8) is 0 Å². The highest BCUT2D eigenvalue weighted by molar-refractivity contribution is 5.42. The van der Waals surface area contributed by atoms with Crippen LogP contribution in [-0.2, 0) is 6.61 Å². The number of ether oxygens (including phenoxy) is 1. The number of nitrogens with two attached hydrogens (primary N) is 2. The van der Waals surface area contributed by atoms with Gasteiger partial charge >= 0.3 is 0 Å². The van der Waals surface area contributed by atoms with Crippen molar-refractivity contribution >= 4 is 0 Å². The summed E-state index contributed by atoms with van der Waals surface area (Å²) >= 11 is 0. The Labute approximate surface area is 114 Å². The van der Waals surface area contributed by atoms with Crippen molar-refractivity contribution in [3.8, 4) is 5.75 Å². The van der Waals surface area contributed by atoms with Crippen LogP contribution in [0.25, 0.3) is 0 Å². The van der Waals surface area contributed by atoms with Crippen LogP contribution in [0.4, 0.5) is 0 Å². The van der Waals surface area contributed by atoms with Crippen molar-refractivity contribution in [1.82, 2.24) is 0 Å². The molecule has 2 aromatic carbocycles. The van der Waals surface area contributed by atoms with Crippen LogP contribution in [0.5, 0.6) is 5.75 Å². The molecule has 1 unspecified atom stereocenters. The van der Waals surface area contributed by atoms with Gasteiger partial charge in [0.1, 0.15) is 12.4 Å². The third-order valence-electron chi connectivity index (χ3n) is 3.12. The molecule has 3 nitrogen and oxygen atoms in total. The lowest BCUT2D eigenvalue weighted by Crippen LogP contribution is -2.21. The normalized spacial score (nSPS) is 12.2. The molecule has 100 valence electrons. The van der Waals surface area contributed by atoms with Crippen LogP contribution in [0.2, 0.25) is 0 Å². The fourth-order valence-electron chi connectivity index (χ4n) is 2.02. The van der Waals surface area contributed by atoms with Gasteiger partial charge in [0, 0.05) is 18.2 Å². The van der Waals surface area contributed by atoms with Gasteiger partial charge in [0.2, 0.25) is 0 Å². The molecule has 2 rings (SSSR count). The number of benzene rings is 2. The minimum atomic E-state index is -0.189. The van der Waals surface area contributed by atoms with Crippen molar-refractivity contribution in [3.05, 3.63) is 65.2 Å². The Balaban J connectivity index is 2.19. The maximum atomic E-state index is 6.03. The van der Waals surface area contributed by atoms with Gasteiger partial charge in [0.15, 0.2) is 0 Å². The van der Waals surface area contributed by atoms with E-state index >= 15 is 0 Å². The van der Waals surface area contributed by atoms with Gasteiger partial charge in [-0.25, -0.2) is 0 Å². The first-order valence-corrected chi connectivity index (χ1v) is 6.44. The fraction of sp³-hybridized carbons (Fsp3) is 0.250. The lowest BCUT2D eigenvalue weighted by Gasteiger charge is -2.17. The number of rotatable bonds is 5. The summed E-state index contributed by atoms with van der Waals surface area (Å²) in [6.45, 7) is 2.97. The Bertz CT molecular complexity index is 526. The van der Waals surface area contributed by atoms with E-state index in [1.165, 1.54) is 0 Å². The van der Waals surface area contributed by atoms with Gasteiger partial charge in [-0.2, -0.15) is 0 Å². The summed E-state index contributed by atoms with van der Waals surface area (Å²) in [4.78, 5) is 0. The maximum absolute atomic E-state index is 6.03. The Morgan fingerprint density at radius 1 is 1.05 bits per heavy atom. The Hall–Kier alpha value is -1.84. The van der Waals surface area contributed by atoms with Crippen molar-refractivity contribution in [1.29, 1.82) is 0 Å². The van der Waals surface area contributed by atoms with Crippen molar-refractivity contribution in [2.75, 3.05) is 6.54 Å². The molecule has 0 aliphatic heterocycles. The first-order chi connectivity index (χ1) is 9.22. The van der Waals surface area contributed by atoms with Gasteiger partial charge in [-0.3, -0.25) is 0 Å². The molecule has 0 aromatic heterocycles. The molecule has 0 aliphatic carbocycles. The molecule has 1 atom stereocenters. The first kappa shape index (κ1) is 13.6. The molecule has 0 aliphatic rings. The average molecular weight is 256 g/mol. The quantitative estimate of drug-likeness (QED) is 0.864. The summed E-state index contributed by atoms with van der Waals surface area (Å²) in [5.41, 5.74) is 14.9. The van der Waals surface area contributed by atoms with Gasteiger partial charge in [0.25, 0.3) is 0 Å². The first-order valence-electron chi connectivity index (χ1n) is 6.44. The average Bonchev–Trinajstić information content (AvgIpc) is 2.46. The van der Waals surface area contributed by atoms with Crippen LogP contribution < -0.4 is 16.2 Å². The highest BCUT2D eigenvalue weighted by Gasteiger charge is 2.12. The predicted octanol–water partition coefficient (Wildman–Crippen LogP) is 2.53. The SMILES string of the molecule is Cc1cccc(C(N)CN)c1OCc1ccccc1. The van der Waals surface area contributed by atoms with Gasteiger partial charge in [-0.15, -0.1) is 0 Å². The zero-order valence-corrected chi connectivity index (χ0v) is 11.2. The van der Waals surface area contributed by atoms with Crippen molar-refractivity contribution < 1.29 is 4.74 Å². The summed E-state index contributed by atoms with van der Waals surface area (Å²) < 4.78 is 5.94. The Kier molecular flexibility index (Phi) is 4.55. The third-order valence-corrected chi connectivity index (χ3v) is 3.12. The monoisotopic (exact) mass is 256 g/mol. The summed E-state index contributed by atoms with van der Waals surface area (Å²) in [6.07, 6.45) is 0. The molecule has 0 spiro atoms. The molecule has 0 amide bonds. The van der Waals surface area contributed by atoms with E-state index in [0.29, 0.717) is 13.2 Å². The fourth-order valence-corrected chi connectivity index (χ4v) is 2.02. The van der Waals surface area contributed by atoms with Gasteiger partial charge in [-0.1, -0.05) is 48.5 Å². The van der Waals surface area contributed by atoms with E-state index in [9.17, 15) is 0 Å². The Morgan fingerprint density at radius 2 is 1.79 bits per heavy atom. The Morgan fingerprint density at radius 3 is 2.47 bits per heavy atom. The smallest absolute Gasteiger partial charge is 0.127 e. The minimum absolute atomic E-state index is 0.189. The summed E-state index contributed by atoms with van der Waals surface area (Å²) in [5.74, 6) is 0.851. The van der Waals surface area contributed by atoms with Crippen molar-refractivity contribution in [2.24, 2.45) is 11.5 Å². The summed E-state index contributed by atoms with van der Waals surface area (Å²) in [5, 5.41) is 0. The molecule has 2 aromatic rings. The predicted molar refractivity (Wildman–Crippen MR) is 77.9 cm³/mol. The van der Waals surface area contributed by atoms with Crippen LogP contribution in [0.15, 0.2) is 48.5 Å². The van der Waals surface area contributed by atoms with Crippen LogP contribution >= 0.6 is 0 Å². The zero-order valence-electron chi connectivity index (χ0n) is 11.2. The van der Waals surface area contributed by atoms with Crippen LogP contribution in [0.1, 0.15) is 22.7 Å². The molecular formula is C16H20N2O. The van der Waals surface area contributed by atoms with Crippen molar-refractivity contribution in [2.45, 2.75) is 19.6 Å². The zero-order chi connectivity index (χ0) is 13.7. The molecule has 0 radical (unpaired) electrons. The molecule has 0 saturated heterocycles. The molecule has 0 bridgehead atoms. The molecule has 19 heavy (non-hydrogen) atoms. The standard InChI is InChI=1S/C16H20N2O/c1-12-6-5-9-14(15(18)10-17)16(12)19-11-13-7-3-2-4-8-13/h2-9,15H,10-11,17-18H2,1H3. The maximum Gasteiger partial charge on any atom is 0.127 e. The summed E-state index contributed by atoms with van der Waals surface area (Å²) in [7, 11) is 0. The number of aryl methyl sites for hydroxylation is 1. The lowest BCUT2D eigenvalue weighted by molar-refractivity contribution is 0.299. The highest BCUT2D eigenvalue weighted by Crippen LogP contribution is 2.28. The highest BCUT2D eigenvalue weighted by atomic mass is 16.5. The van der Waals surface area contributed by atoms with Crippen LogP contribution in [0.3, 0.4) is 0 Å². The summed E-state index contributed by atoms with van der Waals surface area (Å²) in [6, 6.07) is 15.9. The third kappa shape index (κ3) is 3.34. The van der Waals surface area contributed by atoms with E-state index in [1.54, 1.807) is 0 Å². The number of hydrogen-bond acceptors (Lipinski definition) is 3.